The van der Waals surface area contributed by atoms with Gasteiger partial charge in [0.1, 0.15) is 9.84 Å². The third kappa shape index (κ3) is 5.26. The number of hydrogen-bond donors (Lipinski definition) is 1. The topological polar surface area (TPSA) is 60.2 Å². The van der Waals surface area contributed by atoms with Crippen molar-refractivity contribution in [1.82, 2.24) is 0 Å². The van der Waals surface area contributed by atoms with Gasteiger partial charge in [0.15, 0.2) is 0 Å². The van der Waals surface area contributed by atoms with Crippen LogP contribution in [0.4, 0.5) is 0 Å². The van der Waals surface area contributed by atoms with Crippen molar-refractivity contribution < 1.29 is 8.42 Å². The van der Waals surface area contributed by atoms with Gasteiger partial charge < -0.3 is 5.73 Å². The summed E-state index contributed by atoms with van der Waals surface area (Å²) in [7, 11) is -2.80. The van der Waals surface area contributed by atoms with E-state index in [-0.39, 0.29) is 5.75 Å². The van der Waals surface area contributed by atoms with Crippen LogP contribution in [-0.4, -0.2) is 26.5 Å². The Bertz CT molecular complexity index is 224. The standard InChI is InChI=1S/C9H21NO2S/c1-4-13(11,12)6-5-8(2)9(3)7-10/h8-9H,4-7,10H2,1-3H3. The molecule has 0 aromatic carbocycles. The fourth-order valence-corrected chi connectivity index (χ4v) is 2.05. The lowest BCUT2D eigenvalue weighted by molar-refractivity contribution is 0.385. The summed E-state index contributed by atoms with van der Waals surface area (Å²) < 4.78 is 22.4. The third-order valence-corrected chi connectivity index (χ3v) is 4.40. The Hall–Kier alpha value is -0.0900. The van der Waals surface area contributed by atoms with Gasteiger partial charge in [-0.1, -0.05) is 20.8 Å². The highest BCUT2D eigenvalue weighted by molar-refractivity contribution is 7.91. The molecule has 0 aromatic heterocycles. The number of hydrogen-bond acceptors (Lipinski definition) is 3. The van der Waals surface area contributed by atoms with Crippen LogP contribution in [-0.2, 0) is 9.84 Å². The fraction of sp³-hybridized carbons (Fsp3) is 1.00. The van der Waals surface area contributed by atoms with Gasteiger partial charge in [-0.25, -0.2) is 8.42 Å². The maximum Gasteiger partial charge on any atom is 0.150 e. The van der Waals surface area contributed by atoms with Gasteiger partial charge >= 0.3 is 0 Å². The molecule has 0 heterocycles. The van der Waals surface area contributed by atoms with E-state index in [1.165, 1.54) is 0 Å². The van der Waals surface area contributed by atoms with E-state index in [0.29, 0.717) is 24.1 Å². The molecule has 4 heteroatoms. The normalized spacial score (nSPS) is 16.9. The molecule has 0 bridgehead atoms. The average Bonchev–Trinajstić information content (AvgIpc) is 2.13. The second-order valence-electron chi connectivity index (χ2n) is 3.72. The number of sulfone groups is 1. The lowest BCUT2D eigenvalue weighted by Gasteiger charge is -2.17. The zero-order chi connectivity index (χ0) is 10.5. The van der Waals surface area contributed by atoms with Crippen LogP contribution in [0.5, 0.6) is 0 Å². The molecule has 0 spiro atoms. The summed E-state index contributed by atoms with van der Waals surface area (Å²) in [5, 5.41) is 0. The van der Waals surface area contributed by atoms with Gasteiger partial charge in [0.2, 0.25) is 0 Å². The van der Waals surface area contributed by atoms with Crippen molar-refractivity contribution in [3.8, 4) is 0 Å². The van der Waals surface area contributed by atoms with Gasteiger partial charge in [-0.2, -0.15) is 0 Å². The molecule has 0 rings (SSSR count). The largest absolute Gasteiger partial charge is 0.330 e. The van der Waals surface area contributed by atoms with E-state index in [9.17, 15) is 8.42 Å². The molecule has 0 aliphatic carbocycles. The molecule has 2 unspecified atom stereocenters. The Balaban J connectivity index is 3.90. The highest BCUT2D eigenvalue weighted by atomic mass is 32.2. The molecule has 2 N–H and O–H groups in total. The van der Waals surface area contributed by atoms with Crippen molar-refractivity contribution in [3.63, 3.8) is 0 Å². The molecule has 0 aliphatic rings. The van der Waals surface area contributed by atoms with Crippen LogP contribution in [0.3, 0.4) is 0 Å². The Morgan fingerprint density at radius 1 is 1.23 bits per heavy atom. The molecule has 3 nitrogen and oxygen atoms in total. The van der Waals surface area contributed by atoms with E-state index in [1.807, 2.05) is 0 Å². The minimum Gasteiger partial charge on any atom is -0.330 e. The molecule has 0 fully saturated rings. The van der Waals surface area contributed by atoms with Crippen molar-refractivity contribution in [1.29, 1.82) is 0 Å². The van der Waals surface area contributed by atoms with Crippen LogP contribution in [0.25, 0.3) is 0 Å². The van der Waals surface area contributed by atoms with Gasteiger partial charge in [0.05, 0.1) is 5.75 Å². The first-order valence-electron chi connectivity index (χ1n) is 4.83. The smallest absolute Gasteiger partial charge is 0.150 e. The van der Waals surface area contributed by atoms with Gasteiger partial charge in [-0.15, -0.1) is 0 Å². The van der Waals surface area contributed by atoms with Crippen LogP contribution < -0.4 is 5.73 Å². The van der Waals surface area contributed by atoms with Crippen molar-refractivity contribution >= 4 is 9.84 Å². The lowest BCUT2D eigenvalue weighted by Crippen LogP contribution is -2.21. The maximum absolute atomic E-state index is 11.2. The summed E-state index contributed by atoms with van der Waals surface area (Å²) in [6.45, 7) is 6.44. The van der Waals surface area contributed by atoms with Gasteiger partial charge in [-0.3, -0.25) is 0 Å². The molecule has 0 aromatic rings. The summed E-state index contributed by atoms with van der Waals surface area (Å²) in [6, 6.07) is 0. The van der Waals surface area contributed by atoms with Crippen molar-refractivity contribution in [2.75, 3.05) is 18.1 Å². The zero-order valence-electron chi connectivity index (χ0n) is 8.79. The first-order valence-corrected chi connectivity index (χ1v) is 6.65. The summed E-state index contributed by atoms with van der Waals surface area (Å²) in [5.74, 6) is 1.35. The van der Waals surface area contributed by atoms with Crippen molar-refractivity contribution in [3.05, 3.63) is 0 Å². The molecule has 0 amide bonds. The Morgan fingerprint density at radius 2 is 1.77 bits per heavy atom. The molecular weight excluding hydrogens is 186 g/mol. The van der Waals surface area contributed by atoms with E-state index < -0.39 is 9.84 Å². The van der Waals surface area contributed by atoms with E-state index in [0.717, 1.165) is 6.42 Å². The molecule has 13 heavy (non-hydrogen) atoms. The Morgan fingerprint density at radius 3 is 2.15 bits per heavy atom. The average molecular weight is 207 g/mol. The predicted octanol–water partition coefficient (Wildman–Crippen LogP) is 1.04. The molecular formula is C9H21NO2S. The highest BCUT2D eigenvalue weighted by Gasteiger charge is 2.14. The molecule has 0 radical (unpaired) electrons. The number of nitrogens with two attached hydrogens (primary N) is 1. The van der Waals surface area contributed by atoms with Crippen molar-refractivity contribution in [2.45, 2.75) is 27.2 Å². The number of rotatable bonds is 6. The lowest BCUT2D eigenvalue weighted by atomic mass is 9.94. The third-order valence-electron chi connectivity index (χ3n) is 2.67. The summed E-state index contributed by atoms with van der Waals surface area (Å²) >= 11 is 0. The molecule has 80 valence electrons. The second kappa shape index (κ2) is 5.60. The van der Waals surface area contributed by atoms with E-state index in [1.54, 1.807) is 6.92 Å². The maximum atomic E-state index is 11.2. The quantitative estimate of drug-likeness (QED) is 0.708. The summed E-state index contributed by atoms with van der Waals surface area (Å²) in [6.07, 6.45) is 0.731. The first-order chi connectivity index (χ1) is 5.93. The Kier molecular flexibility index (Phi) is 5.56. The SMILES string of the molecule is CCS(=O)(=O)CCC(C)C(C)CN. The fourth-order valence-electron chi connectivity index (χ4n) is 1.03. The van der Waals surface area contributed by atoms with Crippen LogP contribution >= 0.6 is 0 Å². The van der Waals surface area contributed by atoms with Crippen molar-refractivity contribution in [2.24, 2.45) is 17.6 Å². The summed E-state index contributed by atoms with van der Waals surface area (Å²) in [4.78, 5) is 0. The van der Waals surface area contributed by atoms with Crippen LogP contribution in [0.2, 0.25) is 0 Å². The van der Waals surface area contributed by atoms with Gasteiger partial charge in [0, 0.05) is 5.75 Å². The second-order valence-corrected chi connectivity index (χ2v) is 6.19. The predicted molar refractivity (Wildman–Crippen MR) is 56.3 cm³/mol. The van der Waals surface area contributed by atoms with E-state index in [2.05, 4.69) is 13.8 Å². The van der Waals surface area contributed by atoms with Gasteiger partial charge in [0.25, 0.3) is 0 Å². The van der Waals surface area contributed by atoms with E-state index in [4.69, 9.17) is 5.73 Å². The van der Waals surface area contributed by atoms with Gasteiger partial charge in [-0.05, 0) is 24.8 Å². The molecule has 0 saturated carbocycles. The van der Waals surface area contributed by atoms with Crippen LogP contribution in [0.1, 0.15) is 27.2 Å². The van der Waals surface area contributed by atoms with Crippen LogP contribution in [0.15, 0.2) is 0 Å². The van der Waals surface area contributed by atoms with Crippen LogP contribution in [0, 0.1) is 11.8 Å². The highest BCUT2D eigenvalue weighted by Crippen LogP contribution is 2.14. The molecule has 2 atom stereocenters. The molecule has 0 saturated heterocycles. The zero-order valence-corrected chi connectivity index (χ0v) is 9.60. The Labute approximate surface area is 81.6 Å². The minimum absolute atomic E-state index is 0.247. The summed E-state index contributed by atoms with van der Waals surface area (Å²) in [5.41, 5.74) is 5.50. The first kappa shape index (κ1) is 12.9. The monoisotopic (exact) mass is 207 g/mol. The minimum atomic E-state index is -2.80. The molecule has 0 aliphatic heterocycles. The van der Waals surface area contributed by atoms with E-state index >= 15 is 0 Å².